The lowest BCUT2D eigenvalue weighted by molar-refractivity contribution is 0.103. The average molecular weight is 281 g/mol. The quantitative estimate of drug-likeness (QED) is 0.840. The number of hydrogen-bond acceptors (Lipinski definition) is 2. The van der Waals surface area contributed by atoms with Gasteiger partial charge in [-0.15, -0.1) is 0 Å². The summed E-state index contributed by atoms with van der Waals surface area (Å²) in [4.78, 5) is 2.84. The summed E-state index contributed by atoms with van der Waals surface area (Å²) in [7, 11) is 0. The molecule has 1 aliphatic carbocycles. The molecule has 0 bridgehead atoms. The van der Waals surface area contributed by atoms with Crippen molar-refractivity contribution in [3.63, 3.8) is 0 Å². The molecule has 20 heavy (non-hydrogen) atoms. The Morgan fingerprint density at radius 1 is 1.10 bits per heavy atom. The first-order valence-electron chi connectivity index (χ1n) is 9.09. The summed E-state index contributed by atoms with van der Waals surface area (Å²) in [5.74, 6) is 2.74. The normalized spacial score (nSPS) is 37.0. The third-order valence-corrected chi connectivity index (χ3v) is 5.76. The minimum absolute atomic E-state index is 0.742. The second-order valence-electron chi connectivity index (χ2n) is 7.62. The zero-order chi connectivity index (χ0) is 14.5. The van der Waals surface area contributed by atoms with E-state index in [1.807, 2.05) is 0 Å². The molecule has 1 aliphatic heterocycles. The van der Waals surface area contributed by atoms with Crippen LogP contribution in [-0.2, 0) is 0 Å². The van der Waals surface area contributed by atoms with Gasteiger partial charge in [0.15, 0.2) is 0 Å². The van der Waals surface area contributed by atoms with Gasteiger partial charge in [0.25, 0.3) is 0 Å². The van der Waals surface area contributed by atoms with Crippen LogP contribution < -0.4 is 5.32 Å². The summed E-state index contributed by atoms with van der Waals surface area (Å²) in [6, 6.07) is 1.54. The van der Waals surface area contributed by atoms with Gasteiger partial charge in [-0.2, -0.15) is 0 Å². The molecule has 2 heteroatoms. The highest BCUT2D eigenvalue weighted by Crippen LogP contribution is 2.31. The Labute approximate surface area is 126 Å². The highest BCUT2D eigenvalue weighted by molar-refractivity contribution is 4.91. The summed E-state index contributed by atoms with van der Waals surface area (Å²) in [6.45, 7) is 13.3. The van der Waals surface area contributed by atoms with E-state index in [9.17, 15) is 0 Å². The van der Waals surface area contributed by atoms with Crippen molar-refractivity contribution in [3.8, 4) is 0 Å². The third kappa shape index (κ3) is 4.21. The van der Waals surface area contributed by atoms with Gasteiger partial charge in [0.1, 0.15) is 0 Å². The van der Waals surface area contributed by atoms with Gasteiger partial charge in [-0.25, -0.2) is 0 Å². The summed E-state index contributed by atoms with van der Waals surface area (Å²) in [5, 5.41) is 3.77. The van der Waals surface area contributed by atoms with E-state index in [-0.39, 0.29) is 0 Å². The van der Waals surface area contributed by atoms with E-state index in [4.69, 9.17) is 0 Å². The van der Waals surface area contributed by atoms with E-state index in [0.717, 1.165) is 36.4 Å². The lowest BCUT2D eigenvalue weighted by Gasteiger charge is -2.42. The van der Waals surface area contributed by atoms with Crippen LogP contribution in [0.1, 0.15) is 66.2 Å². The predicted molar refractivity (Wildman–Crippen MR) is 88.0 cm³/mol. The van der Waals surface area contributed by atoms with E-state index >= 15 is 0 Å². The topological polar surface area (TPSA) is 15.3 Å². The molecule has 1 heterocycles. The van der Waals surface area contributed by atoms with Crippen LogP contribution in [0, 0.1) is 17.8 Å². The molecule has 0 aromatic heterocycles. The number of likely N-dealkylation sites (tertiary alicyclic amines) is 1. The average Bonchev–Trinajstić information content (AvgIpc) is 2.67. The Morgan fingerprint density at radius 3 is 2.60 bits per heavy atom. The molecular weight excluding hydrogens is 244 g/mol. The van der Waals surface area contributed by atoms with Crippen molar-refractivity contribution in [1.29, 1.82) is 0 Å². The van der Waals surface area contributed by atoms with E-state index in [1.54, 1.807) is 0 Å². The highest BCUT2D eigenvalue weighted by Gasteiger charge is 2.33. The largest absolute Gasteiger partial charge is 0.313 e. The minimum atomic E-state index is 0.742. The Kier molecular flexibility index (Phi) is 6.35. The maximum Gasteiger partial charge on any atom is 0.0251 e. The van der Waals surface area contributed by atoms with Crippen LogP contribution in [0.4, 0.5) is 0 Å². The fourth-order valence-electron chi connectivity index (χ4n) is 4.40. The van der Waals surface area contributed by atoms with Gasteiger partial charge < -0.3 is 5.32 Å². The fourth-order valence-corrected chi connectivity index (χ4v) is 4.40. The van der Waals surface area contributed by atoms with Crippen molar-refractivity contribution in [3.05, 3.63) is 0 Å². The van der Waals surface area contributed by atoms with Crippen LogP contribution >= 0.6 is 0 Å². The molecule has 0 spiro atoms. The second-order valence-corrected chi connectivity index (χ2v) is 7.62. The van der Waals surface area contributed by atoms with Crippen LogP contribution in [0.5, 0.6) is 0 Å². The van der Waals surface area contributed by atoms with Gasteiger partial charge in [0.05, 0.1) is 0 Å². The second kappa shape index (κ2) is 7.79. The zero-order valence-corrected chi connectivity index (χ0v) is 14.2. The Hall–Kier alpha value is -0.0800. The van der Waals surface area contributed by atoms with Gasteiger partial charge >= 0.3 is 0 Å². The monoisotopic (exact) mass is 280 g/mol. The fraction of sp³-hybridized carbons (Fsp3) is 1.00. The first-order chi connectivity index (χ1) is 9.61. The first-order valence-corrected chi connectivity index (χ1v) is 9.09. The molecule has 4 atom stereocenters. The standard InChI is InChI=1S/C18H36N2/c1-5-19-17-9-8-15(4)13-18(17)20-11-6-7-16(10-12-20)14(2)3/h14-19H,5-13H2,1-4H3. The number of nitrogens with one attached hydrogen (secondary N) is 1. The SMILES string of the molecule is CCNC1CCC(C)CC1N1CCCC(C(C)C)CC1. The van der Waals surface area contributed by atoms with E-state index in [0.29, 0.717) is 0 Å². The van der Waals surface area contributed by atoms with Crippen molar-refractivity contribution in [2.24, 2.45) is 17.8 Å². The molecule has 2 rings (SSSR count). The van der Waals surface area contributed by atoms with Crippen molar-refractivity contribution in [1.82, 2.24) is 10.2 Å². The van der Waals surface area contributed by atoms with Crippen LogP contribution in [0.25, 0.3) is 0 Å². The van der Waals surface area contributed by atoms with Gasteiger partial charge in [0.2, 0.25) is 0 Å². The first kappa shape index (κ1) is 16.3. The predicted octanol–water partition coefficient (Wildman–Crippen LogP) is 3.91. The molecule has 0 radical (unpaired) electrons. The van der Waals surface area contributed by atoms with Gasteiger partial charge in [-0.1, -0.05) is 27.7 Å². The number of rotatable bonds is 4. The molecule has 2 nitrogen and oxygen atoms in total. The summed E-state index contributed by atoms with van der Waals surface area (Å²) < 4.78 is 0. The lowest BCUT2D eigenvalue weighted by Crippen LogP contribution is -2.53. The Morgan fingerprint density at radius 2 is 1.90 bits per heavy atom. The molecule has 0 aromatic carbocycles. The molecule has 0 amide bonds. The summed E-state index contributed by atoms with van der Waals surface area (Å²) >= 11 is 0. The van der Waals surface area contributed by atoms with E-state index < -0.39 is 0 Å². The van der Waals surface area contributed by atoms with Crippen molar-refractivity contribution in [2.45, 2.75) is 78.3 Å². The summed E-state index contributed by atoms with van der Waals surface area (Å²) in [5.41, 5.74) is 0. The van der Waals surface area contributed by atoms with Crippen LogP contribution in [0.15, 0.2) is 0 Å². The Balaban J connectivity index is 1.96. The van der Waals surface area contributed by atoms with Crippen LogP contribution in [-0.4, -0.2) is 36.6 Å². The van der Waals surface area contributed by atoms with Crippen LogP contribution in [0.3, 0.4) is 0 Å². The maximum atomic E-state index is 3.77. The number of nitrogens with zero attached hydrogens (tertiary/aromatic N) is 1. The third-order valence-electron chi connectivity index (χ3n) is 5.76. The van der Waals surface area contributed by atoms with Crippen molar-refractivity contribution in [2.75, 3.05) is 19.6 Å². The lowest BCUT2D eigenvalue weighted by atomic mass is 9.82. The zero-order valence-electron chi connectivity index (χ0n) is 14.2. The number of likely N-dealkylation sites (N-methyl/N-ethyl adjacent to an activating group) is 1. The number of hydrogen-bond donors (Lipinski definition) is 1. The summed E-state index contributed by atoms with van der Waals surface area (Å²) in [6.07, 6.45) is 8.47. The van der Waals surface area contributed by atoms with E-state index in [2.05, 4.69) is 37.9 Å². The van der Waals surface area contributed by atoms with Crippen molar-refractivity contribution < 1.29 is 0 Å². The molecule has 1 saturated carbocycles. The minimum Gasteiger partial charge on any atom is -0.313 e. The highest BCUT2D eigenvalue weighted by atomic mass is 15.2. The molecule has 1 saturated heterocycles. The molecule has 2 aliphatic rings. The molecule has 4 unspecified atom stereocenters. The van der Waals surface area contributed by atoms with Crippen LogP contribution in [0.2, 0.25) is 0 Å². The van der Waals surface area contributed by atoms with Gasteiger partial charge in [0, 0.05) is 12.1 Å². The van der Waals surface area contributed by atoms with Gasteiger partial charge in [-0.05, 0) is 75.9 Å². The molecule has 0 aromatic rings. The van der Waals surface area contributed by atoms with E-state index in [1.165, 1.54) is 51.6 Å². The molecule has 2 fully saturated rings. The maximum absolute atomic E-state index is 3.77. The molecular formula is C18H36N2. The smallest absolute Gasteiger partial charge is 0.0251 e. The van der Waals surface area contributed by atoms with Crippen molar-refractivity contribution >= 4 is 0 Å². The Bertz CT molecular complexity index is 277. The molecule has 1 N–H and O–H groups in total. The molecule has 118 valence electrons. The van der Waals surface area contributed by atoms with Gasteiger partial charge in [-0.3, -0.25) is 4.90 Å².